The molecule has 0 radical (unpaired) electrons. The van der Waals surface area contributed by atoms with Crippen molar-refractivity contribution in [3.63, 3.8) is 0 Å². The van der Waals surface area contributed by atoms with Crippen LogP contribution in [0.15, 0.2) is 89.9 Å². The van der Waals surface area contributed by atoms with Crippen LogP contribution in [0.3, 0.4) is 0 Å². The van der Waals surface area contributed by atoms with Crippen molar-refractivity contribution in [2.75, 3.05) is 31.6 Å². The van der Waals surface area contributed by atoms with E-state index in [-0.39, 0.29) is 47.3 Å². The molecule has 3 aliphatic heterocycles. The molecule has 15 nitrogen and oxygen atoms in total. The van der Waals surface area contributed by atoms with Gasteiger partial charge in [0.15, 0.2) is 16.9 Å². The molecule has 5 heterocycles. The van der Waals surface area contributed by atoms with Crippen LogP contribution in [-0.2, 0) is 34.0 Å². The lowest BCUT2D eigenvalue weighted by atomic mass is 9.81. The zero-order valence-corrected chi connectivity index (χ0v) is 34.3. The predicted molar refractivity (Wildman–Crippen MR) is 220 cm³/mol. The second-order valence-electron chi connectivity index (χ2n) is 16.0. The number of carbonyl (C=O) groups excluding carboxylic acids is 1. The number of aromatic amines is 1. The highest BCUT2D eigenvalue weighted by atomic mass is 31.2. The van der Waals surface area contributed by atoms with Gasteiger partial charge in [0.05, 0.1) is 43.8 Å². The molecule has 0 spiro atoms. The van der Waals surface area contributed by atoms with Gasteiger partial charge < -0.3 is 30.4 Å². The molecule has 1 fully saturated rings. The van der Waals surface area contributed by atoms with Gasteiger partial charge in [0.25, 0.3) is 5.56 Å². The fourth-order valence-corrected chi connectivity index (χ4v) is 8.82. The second kappa shape index (κ2) is 17.2. The van der Waals surface area contributed by atoms with Crippen molar-refractivity contribution in [2.45, 2.75) is 95.5 Å². The number of H-pyrrole nitrogens is 1. The molecule has 1 saturated heterocycles. The van der Waals surface area contributed by atoms with Crippen LogP contribution < -0.4 is 16.2 Å². The lowest BCUT2D eigenvalue weighted by Crippen LogP contribution is -2.28. The lowest BCUT2D eigenvalue weighted by Gasteiger charge is -2.20. The van der Waals surface area contributed by atoms with E-state index in [1.807, 2.05) is 0 Å². The number of imidazole rings is 1. The molecule has 2 aromatic carbocycles. The third kappa shape index (κ3) is 8.80. The van der Waals surface area contributed by atoms with Crippen LogP contribution >= 0.6 is 7.82 Å². The zero-order valence-electron chi connectivity index (χ0n) is 33.4. The Kier molecular flexibility index (Phi) is 12.3. The molecule has 4 atom stereocenters. The first-order chi connectivity index (χ1) is 27.8. The molecule has 7 rings (SSSR count). The summed E-state index contributed by atoms with van der Waals surface area (Å²) in [5.74, 6) is -0.297. The van der Waals surface area contributed by atoms with Gasteiger partial charge in [0, 0.05) is 53.9 Å². The lowest BCUT2D eigenvalue weighted by molar-refractivity contribution is -0.438. The van der Waals surface area contributed by atoms with E-state index < -0.39 is 38.4 Å². The number of hydrogen-bond acceptors (Lipinski definition) is 10. The van der Waals surface area contributed by atoms with Gasteiger partial charge in [-0.05, 0) is 44.4 Å². The molecule has 308 valence electrons. The van der Waals surface area contributed by atoms with Gasteiger partial charge in [-0.15, -0.1) is 0 Å². The minimum atomic E-state index is -4.53. The smallest absolute Gasteiger partial charge is 0.390 e. The van der Waals surface area contributed by atoms with Crippen LogP contribution in [0.2, 0.25) is 0 Å². The van der Waals surface area contributed by atoms with Crippen molar-refractivity contribution < 1.29 is 37.7 Å². The fourth-order valence-electron chi connectivity index (χ4n) is 8.08. The normalized spacial score (nSPS) is 22.4. The number of aliphatic hydroxyl groups is 1. The minimum Gasteiger partial charge on any atom is -0.390 e. The first-order valence-electron chi connectivity index (χ1n) is 19.9. The Morgan fingerprint density at radius 1 is 1.05 bits per heavy atom. The number of nitrogens with one attached hydrogen (secondary N) is 3. The average molecular weight is 815 g/mol. The SMILES string of the molecule is CC1(C)C(/C=C/C=C2\Nc3ccccc3C2(C)C)=[N+](CCCCCCNC(=O)CCOP(=O)(O)OCC2OC(n3cnc4c(=O)[nH]cnc43)CC2O)c2ccccc21. The number of aromatic nitrogens is 4. The van der Waals surface area contributed by atoms with E-state index in [0.717, 1.165) is 37.9 Å². The summed E-state index contributed by atoms with van der Waals surface area (Å²) in [6.07, 6.45) is 10.3. The number of amides is 1. The summed E-state index contributed by atoms with van der Waals surface area (Å²) < 4.78 is 32.3. The zero-order chi connectivity index (χ0) is 41.1. The standard InChI is InChI=1S/C42H52N7O8P/c1-41(2)28-14-7-9-16-30(28)47-34(41)18-13-19-35-42(3,4)29-15-8-10-17-31(29)48(35)22-12-6-5-11-21-43-36(51)20-23-55-58(53,54)56-25-33-32(50)24-37(57-33)49-27-46-38-39(49)44-26-45-40(38)52/h7-10,13-19,26-27,32-33,37,50H,5-6,11-12,20-25H2,1-4H3,(H3,43,44,45,51,52,53,54)/p+1. The van der Waals surface area contributed by atoms with Gasteiger partial charge in [0.1, 0.15) is 18.9 Å². The van der Waals surface area contributed by atoms with Gasteiger partial charge in [-0.25, -0.2) is 14.5 Å². The summed E-state index contributed by atoms with van der Waals surface area (Å²) in [6, 6.07) is 17.1. The number of unbranched alkanes of at least 4 members (excludes halogenated alkanes) is 3. The summed E-state index contributed by atoms with van der Waals surface area (Å²) in [7, 11) is -4.53. The van der Waals surface area contributed by atoms with Gasteiger partial charge in [0.2, 0.25) is 11.6 Å². The Labute approximate surface area is 337 Å². The molecular weight excluding hydrogens is 761 g/mol. The number of para-hydroxylation sites is 2. The number of fused-ring (bicyclic) bond motifs is 3. The van der Waals surface area contributed by atoms with Crippen molar-refractivity contribution >= 4 is 42.0 Å². The van der Waals surface area contributed by atoms with Crippen molar-refractivity contribution in [3.8, 4) is 0 Å². The number of nitrogens with zero attached hydrogens (tertiary/aromatic N) is 4. The van der Waals surface area contributed by atoms with E-state index in [1.165, 1.54) is 45.4 Å². The molecule has 1 amide bonds. The van der Waals surface area contributed by atoms with Crippen LogP contribution in [0, 0.1) is 0 Å². The number of benzene rings is 2. The summed E-state index contributed by atoms with van der Waals surface area (Å²) in [5, 5.41) is 17.0. The summed E-state index contributed by atoms with van der Waals surface area (Å²) in [6.45, 7) is 9.69. The average Bonchev–Trinajstić information content (AvgIpc) is 3.91. The van der Waals surface area contributed by atoms with Gasteiger partial charge in [-0.1, -0.05) is 62.7 Å². The highest BCUT2D eigenvalue weighted by Gasteiger charge is 2.44. The maximum atomic E-state index is 12.5. The Morgan fingerprint density at radius 3 is 2.62 bits per heavy atom. The maximum Gasteiger partial charge on any atom is 0.472 e. The first kappa shape index (κ1) is 41.4. The Bertz CT molecular complexity index is 2350. The number of hydrogen-bond donors (Lipinski definition) is 5. The van der Waals surface area contributed by atoms with Crippen molar-refractivity contribution in [1.29, 1.82) is 0 Å². The van der Waals surface area contributed by atoms with E-state index in [0.29, 0.717) is 6.54 Å². The van der Waals surface area contributed by atoms with Gasteiger partial charge in [-0.3, -0.25) is 23.2 Å². The highest BCUT2D eigenvalue weighted by Crippen LogP contribution is 2.45. The summed E-state index contributed by atoms with van der Waals surface area (Å²) in [4.78, 5) is 45.2. The molecule has 2 aromatic heterocycles. The van der Waals surface area contributed by atoms with E-state index in [1.54, 1.807) is 0 Å². The highest BCUT2D eigenvalue weighted by molar-refractivity contribution is 7.47. The van der Waals surface area contributed by atoms with Crippen molar-refractivity contribution in [3.05, 3.63) is 107 Å². The number of aliphatic hydroxyl groups excluding tert-OH is 1. The van der Waals surface area contributed by atoms with Crippen LogP contribution in [-0.4, -0.2) is 84.2 Å². The molecule has 5 N–H and O–H groups in total. The molecule has 0 saturated carbocycles. The largest absolute Gasteiger partial charge is 0.472 e. The van der Waals surface area contributed by atoms with Crippen molar-refractivity contribution in [1.82, 2.24) is 24.8 Å². The molecule has 0 aliphatic carbocycles. The summed E-state index contributed by atoms with van der Waals surface area (Å²) >= 11 is 0. The van der Waals surface area contributed by atoms with Gasteiger partial charge >= 0.3 is 7.82 Å². The molecule has 3 aliphatic rings. The quantitative estimate of drug-likeness (QED) is 0.0485. The number of rotatable bonds is 17. The van der Waals surface area contributed by atoms with Crippen LogP contribution in [0.5, 0.6) is 0 Å². The van der Waals surface area contributed by atoms with Gasteiger partial charge in [-0.2, -0.15) is 4.58 Å². The predicted octanol–water partition coefficient (Wildman–Crippen LogP) is 5.89. The Hall–Kier alpha value is -4.76. The van der Waals surface area contributed by atoms with E-state index in [2.05, 4.69) is 125 Å². The number of allylic oxidation sites excluding steroid dienone is 4. The summed E-state index contributed by atoms with van der Waals surface area (Å²) in [5.41, 5.74) is 7.22. The first-order valence-corrected chi connectivity index (χ1v) is 21.4. The number of phosphoric acid groups is 1. The third-order valence-corrected chi connectivity index (χ3v) is 12.3. The molecule has 16 heteroatoms. The maximum absolute atomic E-state index is 12.5. The number of phosphoric ester groups is 1. The molecular formula is C42H53N7O8P+. The Morgan fingerprint density at radius 2 is 1.81 bits per heavy atom. The molecule has 4 aromatic rings. The molecule has 4 unspecified atom stereocenters. The van der Waals surface area contributed by atoms with E-state index >= 15 is 0 Å². The molecule has 0 bridgehead atoms. The second-order valence-corrected chi connectivity index (χ2v) is 17.5. The third-order valence-electron chi connectivity index (χ3n) is 11.4. The molecule has 58 heavy (non-hydrogen) atoms. The number of ether oxygens (including phenoxy) is 1. The van der Waals surface area contributed by atoms with E-state index in [4.69, 9.17) is 13.8 Å². The Balaban J connectivity index is 0.817. The van der Waals surface area contributed by atoms with Crippen LogP contribution in [0.4, 0.5) is 11.4 Å². The van der Waals surface area contributed by atoms with Crippen molar-refractivity contribution in [2.24, 2.45) is 0 Å². The number of carbonyl (C=O) groups is 1. The van der Waals surface area contributed by atoms with Crippen LogP contribution in [0.25, 0.3) is 11.2 Å². The fraction of sp³-hybridized carbons (Fsp3) is 0.452. The topological polar surface area (TPSA) is 193 Å². The minimum absolute atomic E-state index is 0.0996. The van der Waals surface area contributed by atoms with E-state index in [9.17, 15) is 24.2 Å². The van der Waals surface area contributed by atoms with Crippen LogP contribution in [0.1, 0.15) is 83.6 Å². The number of anilines is 1. The monoisotopic (exact) mass is 814 g/mol.